The first-order valence-corrected chi connectivity index (χ1v) is 6.70. The SMILES string of the molecule is Cc1nn(C)c2ncc(CNCCn3cccn3)cc12. The van der Waals surface area contributed by atoms with E-state index >= 15 is 0 Å². The van der Waals surface area contributed by atoms with Crippen LogP contribution in [0.15, 0.2) is 30.7 Å². The zero-order valence-electron chi connectivity index (χ0n) is 11.7. The molecule has 0 aliphatic heterocycles. The first kappa shape index (κ1) is 12.8. The number of pyridine rings is 1. The van der Waals surface area contributed by atoms with E-state index in [0.717, 1.165) is 36.4 Å². The van der Waals surface area contributed by atoms with Crippen molar-refractivity contribution in [3.8, 4) is 0 Å². The lowest BCUT2D eigenvalue weighted by Gasteiger charge is -2.05. The van der Waals surface area contributed by atoms with Gasteiger partial charge in [0.05, 0.1) is 12.2 Å². The molecular formula is C14H18N6. The first-order chi connectivity index (χ1) is 9.74. The Balaban J connectivity index is 1.61. The molecule has 3 aromatic rings. The molecule has 0 aliphatic carbocycles. The average molecular weight is 270 g/mol. The normalized spacial score (nSPS) is 11.3. The Bertz CT molecular complexity index is 698. The van der Waals surface area contributed by atoms with Crippen molar-refractivity contribution in [1.29, 1.82) is 0 Å². The number of nitrogens with zero attached hydrogens (tertiary/aromatic N) is 5. The molecule has 6 nitrogen and oxygen atoms in total. The summed E-state index contributed by atoms with van der Waals surface area (Å²) in [5.74, 6) is 0. The summed E-state index contributed by atoms with van der Waals surface area (Å²) in [5.41, 5.74) is 3.13. The molecule has 0 saturated carbocycles. The Morgan fingerprint density at radius 2 is 2.25 bits per heavy atom. The molecule has 3 rings (SSSR count). The topological polar surface area (TPSA) is 60.6 Å². The number of aromatic nitrogens is 5. The van der Waals surface area contributed by atoms with Gasteiger partial charge in [0.25, 0.3) is 0 Å². The van der Waals surface area contributed by atoms with Crippen LogP contribution in [0.4, 0.5) is 0 Å². The molecule has 0 fully saturated rings. The van der Waals surface area contributed by atoms with Crippen molar-refractivity contribution in [3.05, 3.63) is 42.0 Å². The first-order valence-electron chi connectivity index (χ1n) is 6.70. The summed E-state index contributed by atoms with van der Waals surface area (Å²) in [7, 11) is 1.92. The molecule has 1 N–H and O–H groups in total. The monoisotopic (exact) mass is 270 g/mol. The lowest BCUT2D eigenvalue weighted by molar-refractivity contribution is 0.554. The Hall–Kier alpha value is -2.21. The van der Waals surface area contributed by atoms with Crippen molar-refractivity contribution in [2.75, 3.05) is 6.54 Å². The van der Waals surface area contributed by atoms with Gasteiger partial charge < -0.3 is 5.32 Å². The van der Waals surface area contributed by atoms with Gasteiger partial charge in [0.2, 0.25) is 0 Å². The fourth-order valence-corrected chi connectivity index (χ4v) is 2.31. The predicted molar refractivity (Wildman–Crippen MR) is 77.2 cm³/mol. The van der Waals surface area contributed by atoms with Crippen LogP contribution in [0.2, 0.25) is 0 Å². The third-order valence-corrected chi connectivity index (χ3v) is 3.33. The summed E-state index contributed by atoms with van der Waals surface area (Å²) >= 11 is 0. The quantitative estimate of drug-likeness (QED) is 0.709. The maximum atomic E-state index is 4.47. The van der Waals surface area contributed by atoms with Gasteiger partial charge in [-0.2, -0.15) is 10.2 Å². The lowest BCUT2D eigenvalue weighted by Crippen LogP contribution is -2.19. The fraction of sp³-hybridized carbons (Fsp3) is 0.357. The van der Waals surface area contributed by atoms with E-state index < -0.39 is 0 Å². The minimum atomic E-state index is 0.804. The van der Waals surface area contributed by atoms with E-state index in [9.17, 15) is 0 Å². The van der Waals surface area contributed by atoms with Crippen LogP contribution in [0.3, 0.4) is 0 Å². The van der Waals surface area contributed by atoms with Crippen LogP contribution < -0.4 is 5.32 Å². The van der Waals surface area contributed by atoms with Gasteiger partial charge in [0, 0.05) is 44.1 Å². The zero-order valence-corrected chi connectivity index (χ0v) is 11.7. The molecule has 0 saturated heterocycles. The van der Waals surface area contributed by atoms with E-state index in [-0.39, 0.29) is 0 Å². The van der Waals surface area contributed by atoms with Crippen molar-refractivity contribution in [2.45, 2.75) is 20.0 Å². The van der Waals surface area contributed by atoms with Crippen LogP contribution >= 0.6 is 0 Å². The van der Waals surface area contributed by atoms with Crippen LogP contribution in [0.1, 0.15) is 11.3 Å². The number of aryl methyl sites for hydroxylation is 2. The van der Waals surface area contributed by atoms with Gasteiger partial charge in [-0.15, -0.1) is 0 Å². The number of hydrogen-bond acceptors (Lipinski definition) is 4. The van der Waals surface area contributed by atoms with Gasteiger partial charge in [-0.05, 0) is 24.6 Å². The smallest absolute Gasteiger partial charge is 0.157 e. The summed E-state index contributed by atoms with van der Waals surface area (Å²) in [5, 5.41) is 13.1. The molecule has 20 heavy (non-hydrogen) atoms. The second-order valence-corrected chi connectivity index (χ2v) is 4.87. The number of hydrogen-bond donors (Lipinski definition) is 1. The van der Waals surface area contributed by atoms with Crippen LogP contribution in [0.5, 0.6) is 0 Å². The van der Waals surface area contributed by atoms with Crippen LogP contribution in [0, 0.1) is 6.92 Å². The second-order valence-electron chi connectivity index (χ2n) is 4.87. The summed E-state index contributed by atoms with van der Waals surface area (Å²) in [6, 6.07) is 4.09. The molecule has 0 atom stereocenters. The van der Waals surface area contributed by atoms with Crippen molar-refractivity contribution >= 4 is 11.0 Å². The number of fused-ring (bicyclic) bond motifs is 1. The predicted octanol–water partition coefficient (Wildman–Crippen LogP) is 1.26. The van der Waals surface area contributed by atoms with Crippen molar-refractivity contribution in [1.82, 2.24) is 29.9 Å². The van der Waals surface area contributed by atoms with E-state index in [1.165, 1.54) is 5.56 Å². The summed E-state index contributed by atoms with van der Waals surface area (Å²) in [6.07, 6.45) is 5.67. The molecule has 6 heteroatoms. The molecule has 0 amide bonds. The third kappa shape index (κ3) is 2.55. The Morgan fingerprint density at radius 3 is 3.05 bits per heavy atom. The highest BCUT2D eigenvalue weighted by Crippen LogP contribution is 2.16. The van der Waals surface area contributed by atoms with Crippen molar-refractivity contribution in [3.63, 3.8) is 0 Å². The maximum absolute atomic E-state index is 4.47. The molecule has 0 bridgehead atoms. The maximum Gasteiger partial charge on any atom is 0.157 e. The van der Waals surface area contributed by atoms with Gasteiger partial charge in [0.15, 0.2) is 5.65 Å². The Morgan fingerprint density at radius 1 is 1.35 bits per heavy atom. The number of nitrogens with one attached hydrogen (secondary N) is 1. The standard InChI is InChI=1S/C14H18N6/c1-11-13-8-12(10-16-14(13)19(2)18-11)9-15-5-7-20-6-3-4-17-20/h3-4,6,8,10,15H,5,7,9H2,1-2H3. The number of rotatable bonds is 5. The minimum absolute atomic E-state index is 0.804. The average Bonchev–Trinajstić information content (AvgIpc) is 3.05. The summed E-state index contributed by atoms with van der Waals surface area (Å²) in [4.78, 5) is 4.47. The molecule has 3 aromatic heterocycles. The largest absolute Gasteiger partial charge is 0.311 e. The lowest BCUT2D eigenvalue weighted by atomic mass is 10.2. The van der Waals surface area contributed by atoms with Crippen molar-refractivity contribution in [2.24, 2.45) is 7.05 Å². The van der Waals surface area contributed by atoms with Gasteiger partial charge >= 0.3 is 0 Å². The summed E-state index contributed by atoms with van der Waals surface area (Å²) < 4.78 is 3.74. The zero-order chi connectivity index (χ0) is 13.9. The van der Waals surface area contributed by atoms with Gasteiger partial charge in [-0.25, -0.2) is 4.98 Å². The molecular weight excluding hydrogens is 252 g/mol. The third-order valence-electron chi connectivity index (χ3n) is 3.33. The van der Waals surface area contributed by atoms with E-state index in [2.05, 4.69) is 26.6 Å². The van der Waals surface area contributed by atoms with Gasteiger partial charge in [0.1, 0.15) is 0 Å². The van der Waals surface area contributed by atoms with Crippen molar-refractivity contribution < 1.29 is 0 Å². The van der Waals surface area contributed by atoms with E-state index in [1.54, 1.807) is 6.20 Å². The van der Waals surface area contributed by atoms with Crippen LogP contribution in [0.25, 0.3) is 11.0 Å². The minimum Gasteiger partial charge on any atom is -0.311 e. The highest BCUT2D eigenvalue weighted by atomic mass is 15.3. The summed E-state index contributed by atoms with van der Waals surface area (Å²) in [6.45, 7) is 4.57. The van der Waals surface area contributed by atoms with Crippen LogP contribution in [-0.2, 0) is 20.1 Å². The van der Waals surface area contributed by atoms with E-state index in [4.69, 9.17) is 0 Å². The highest BCUT2D eigenvalue weighted by molar-refractivity contribution is 5.78. The Kier molecular flexibility index (Phi) is 3.47. The fourth-order valence-electron chi connectivity index (χ4n) is 2.31. The molecule has 3 heterocycles. The van der Waals surface area contributed by atoms with Gasteiger partial charge in [-0.3, -0.25) is 9.36 Å². The molecule has 0 spiro atoms. The van der Waals surface area contributed by atoms with E-state index in [0.29, 0.717) is 0 Å². The Labute approximate surface area is 117 Å². The van der Waals surface area contributed by atoms with Crippen LogP contribution in [-0.4, -0.2) is 31.1 Å². The van der Waals surface area contributed by atoms with Gasteiger partial charge in [-0.1, -0.05) is 0 Å². The molecule has 0 aromatic carbocycles. The molecule has 104 valence electrons. The molecule has 0 radical (unpaired) electrons. The molecule has 0 unspecified atom stereocenters. The van der Waals surface area contributed by atoms with E-state index in [1.807, 2.05) is 41.8 Å². The highest BCUT2D eigenvalue weighted by Gasteiger charge is 2.06. The molecule has 0 aliphatic rings. The second kappa shape index (κ2) is 5.42.